The summed E-state index contributed by atoms with van der Waals surface area (Å²) in [5.74, 6) is 0.653. The van der Waals surface area contributed by atoms with Crippen LogP contribution in [-0.2, 0) is 16.1 Å². The highest BCUT2D eigenvalue weighted by Crippen LogP contribution is 2.21. The smallest absolute Gasteiger partial charge is 0.363 e. The van der Waals surface area contributed by atoms with Crippen molar-refractivity contribution in [1.82, 2.24) is 0 Å². The summed E-state index contributed by atoms with van der Waals surface area (Å²) in [5.41, 5.74) is 4.25. The molecule has 4 rings (SSSR count). The van der Waals surface area contributed by atoms with Gasteiger partial charge in [0.1, 0.15) is 12.4 Å². The molecule has 0 saturated carbocycles. The molecule has 0 unspecified atom stereocenters. The highest BCUT2D eigenvalue weighted by molar-refractivity contribution is 6.12. The summed E-state index contributed by atoms with van der Waals surface area (Å²) in [6.45, 7) is 2.57. The molecule has 0 amide bonds. The van der Waals surface area contributed by atoms with E-state index in [2.05, 4.69) is 24.0 Å². The van der Waals surface area contributed by atoms with Gasteiger partial charge in [0.15, 0.2) is 5.70 Å². The monoisotopic (exact) mass is 369 g/mol. The summed E-state index contributed by atoms with van der Waals surface area (Å²) in [4.78, 5) is 16.4. The first-order chi connectivity index (χ1) is 13.7. The van der Waals surface area contributed by atoms with Gasteiger partial charge in [-0.1, -0.05) is 60.2 Å². The Balaban J connectivity index is 1.45. The fourth-order valence-electron chi connectivity index (χ4n) is 2.90. The number of rotatable bonds is 5. The fourth-order valence-corrected chi connectivity index (χ4v) is 2.90. The van der Waals surface area contributed by atoms with Gasteiger partial charge in [-0.25, -0.2) is 9.79 Å². The first kappa shape index (κ1) is 17.7. The van der Waals surface area contributed by atoms with Gasteiger partial charge < -0.3 is 9.47 Å². The first-order valence-corrected chi connectivity index (χ1v) is 9.04. The van der Waals surface area contributed by atoms with Gasteiger partial charge in [-0.2, -0.15) is 0 Å². The molecule has 138 valence electrons. The molecule has 28 heavy (non-hydrogen) atoms. The number of hydrogen-bond acceptors (Lipinski definition) is 4. The largest absolute Gasteiger partial charge is 0.489 e. The van der Waals surface area contributed by atoms with Crippen LogP contribution in [0.4, 0.5) is 0 Å². The summed E-state index contributed by atoms with van der Waals surface area (Å²) in [5, 5.41) is 0. The van der Waals surface area contributed by atoms with Crippen molar-refractivity contribution in [2.75, 3.05) is 0 Å². The van der Waals surface area contributed by atoms with Crippen LogP contribution in [0.15, 0.2) is 89.6 Å². The second-order valence-electron chi connectivity index (χ2n) is 6.55. The number of hydrogen-bond donors (Lipinski definition) is 0. The van der Waals surface area contributed by atoms with E-state index in [4.69, 9.17) is 9.47 Å². The molecule has 0 bridgehead atoms. The zero-order chi connectivity index (χ0) is 19.3. The van der Waals surface area contributed by atoms with Gasteiger partial charge in [-0.3, -0.25) is 0 Å². The van der Waals surface area contributed by atoms with Crippen LogP contribution < -0.4 is 4.74 Å². The lowest BCUT2D eigenvalue weighted by Gasteiger charge is -2.07. The Morgan fingerprint density at radius 1 is 0.964 bits per heavy atom. The molecule has 4 nitrogen and oxygen atoms in total. The lowest BCUT2D eigenvalue weighted by molar-refractivity contribution is -0.129. The normalized spacial score (nSPS) is 14.7. The Morgan fingerprint density at radius 3 is 2.50 bits per heavy atom. The molecule has 0 aromatic heterocycles. The lowest BCUT2D eigenvalue weighted by atomic mass is 10.1. The van der Waals surface area contributed by atoms with E-state index >= 15 is 0 Å². The average Bonchev–Trinajstić information content (AvgIpc) is 3.09. The topological polar surface area (TPSA) is 47.9 Å². The summed E-state index contributed by atoms with van der Waals surface area (Å²) in [6.07, 6.45) is 1.71. The molecular formula is C24H19NO3. The van der Waals surface area contributed by atoms with Gasteiger partial charge in [0, 0.05) is 5.56 Å². The van der Waals surface area contributed by atoms with Gasteiger partial charge in [-0.05, 0) is 48.4 Å². The van der Waals surface area contributed by atoms with Gasteiger partial charge >= 0.3 is 5.97 Å². The maximum atomic E-state index is 12.1. The van der Waals surface area contributed by atoms with E-state index in [1.54, 1.807) is 6.08 Å². The van der Waals surface area contributed by atoms with Crippen molar-refractivity contribution in [3.8, 4) is 5.75 Å². The Bertz CT molecular complexity index is 1050. The highest BCUT2D eigenvalue weighted by atomic mass is 16.6. The van der Waals surface area contributed by atoms with E-state index in [1.165, 1.54) is 5.56 Å². The number of aryl methyl sites for hydroxylation is 1. The van der Waals surface area contributed by atoms with Gasteiger partial charge in [0.05, 0.1) is 0 Å². The van der Waals surface area contributed by atoms with Crippen LogP contribution in [0.5, 0.6) is 5.75 Å². The molecule has 0 fully saturated rings. The zero-order valence-corrected chi connectivity index (χ0v) is 15.5. The Labute approximate surface area is 163 Å². The quantitative estimate of drug-likeness (QED) is 0.474. The van der Waals surface area contributed by atoms with Crippen LogP contribution in [0.3, 0.4) is 0 Å². The third kappa shape index (κ3) is 4.18. The molecule has 1 heterocycles. The molecule has 4 heteroatoms. The van der Waals surface area contributed by atoms with E-state index in [0.29, 0.717) is 12.5 Å². The van der Waals surface area contributed by atoms with E-state index < -0.39 is 5.97 Å². The molecule has 1 aliphatic rings. The summed E-state index contributed by atoms with van der Waals surface area (Å²) < 4.78 is 11.1. The van der Waals surface area contributed by atoms with E-state index in [-0.39, 0.29) is 5.70 Å². The number of carbonyl (C=O) groups is 1. The highest BCUT2D eigenvalue weighted by Gasteiger charge is 2.23. The molecule has 0 atom stereocenters. The SMILES string of the molecule is Cc1cccc(COc2ccc(/C=C3\N=C(c4ccccc4)OC3=O)cc2)c1. The number of aliphatic imine (C=N–C) groups is 1. The van der Waals surface area contributed by atoms with Gasteiger partial charge in [0.25, 0.3) is 0 Å². The molecule has 0 aliphatic carbocycles. The third-order valence-electron chi connectivity index (χ3n) is 4.31. The summed E-state index contributed by atoms with van der Waals surface area (Å²) in [6, 6.07) is 25.1. The number of cyclic esters (lactones) is 1. The van der Waals surface area contributed by atoms with Gasteiger partial charge in [0.2, 0.25) is 5.90 Å². The second-order valence-corrected chi connectivity index (χ2v) is 6.55. The van der Waals surface area contributed by atoms with E-state index in [9.17, 15) is 4.79 Å². The van der Waals surface area contributed by atoms with Crippen molar-refractivity contribution in [2.24, 2.45) is 4.99 Å². The van der Waals surface area contributed by atoms with Crippen LogP contribution in [0.25, 0.3) is 6.08 Å². The minimum absolute atomic E-state index is 0.285. The van der Waals surface area contributed by atoms with E-state index in [0.717, 1.165) is 22.4 Å². The summed E-state index contributed by atoms with van der Waals surface area (Å²) >= 11 is 0. The molecular weight excluding hydrogens is 350 g/mol. The molecule has 0 N–H and O–H groups in total. The maximum absolute atomic E-state index is 12.1. The standard InChI is InChI=1S/C24H19NO3/c1-17-6-5-7-19(14-17)16-27-21-12-10-18(11-13-21)15-22-24(26)28-23(25-22)20-8-3-2-4-9-20/h2-15H,16H2,1H3/b22-15-. The zero-order valence-electron chi connectivity index (χ0n) is 15.5. The van der Waals surface area contributed by atoms with Crippen molar-refractivity contribution in [2.45, 2.75) is 13.5 Å². The van der Waals surface area contributed by atoms with Crippen LogP contribution in [-0.4, -0.2) is 11.9 Å². The second kappa shape index (κ2) is 7.92. The number of esters is 1. The lowest BCUT2D eigenvalue weighted by Crippen LogP contribution is -2.04. The predicted octanol–water partition coefficient (Wildman–Crippen LogP) is 4.92. The Kier molecular flexibility index (Phi) is 5.02. The minimum atomic E-state index is -0.446. The van der Waals surface area contributed by atoms with Crippen LogP contribution in [0, 0.1) is 6.92 Å². The molecule has 0 spiro atoms. The van der Waals surface area contributed by atoms with Crippen LogP contribution in [0.2, 0.25) is 0 Å². The number of ether oxygens (including phenoxy) is 2. The van der Waals surface area contributed by atoms with Crippen molar-refractivity contribution in [3.63, 3.8) is 0 Å². The first-order valence-electron chi connectivity index (χ1n) is 9.04. The van der Waals surface area contributed by atoms with Crippen molar-refractivity contribution < 1.29 is 14.3 Å². The Morgan fingerprint density at radius 2 is 1.75 bits per heavy atom. The van der Waals surface area contributed by atoms with Crippen molar-refractivity contribution in [3.05, 3.63) is 107 Å². The fraction of sp³-hybridized carbons (Fsp3) is 0.0833. The van der Waals surface area contributed by atoms with Crippen LogP contribution in [0.1, 0.15) is 22.3 Å². The van der Waals surface area contributed by atoms with Crippen molar-refractivity contribution in [1.29, 1.82) is 0 Å². The minimum Gasteiger partial charge on any atom is -0.489 e. The van der Waals surface area contributed by atoms with Gasteiger partial charge in [-0.15, -0.1) is 0 Å². The van der Waals surface area contributed by atoms with Crippen LogP contribution >= 0.6 is 0 Å². The molecule has 3 aromatic rings. The number of benzene rings is 3. The number of carbonyl (C=O) groups excluding carboxylic acids is 1. The Hall–Kier alpha value is -3.66. The molecule has 0 radical (unpaired) electrons. The third-order valence-corrected chi connectivity index (χ3v) is 4.31. The summed E-state index contributed by atoms with van der Waals surface area (Å²) in [7, 11) is 0. The number of nitrogens with zero attached hydrogens (tertiary/aromatic N) is 1. The average molecular weight is 369 g/mol. The maximum Gasteiger partial charge on any atom is 0.363 e. The van der Waals surface area contributed by atoms with E-state index in [1.807, 2.05) is 66.7 Å². The molecule has 0 saturated heterocycles. The predicted molar refractivity (Wildman–Crippen MR) is 109 cm³/mol. The van der Waals surface area contributed by atoms with Crippen molar-refractivity contribution >= 4 is 17.9 Å². The molecule has 1 aliphatic heterocycles. The molecule has 3 aromatic carbocycles.